The van der Waals surface area contributed by atoms with Crippen molar-refractivity contribution in [2.24, 2.45) is 5.92 Å². The first-order valence-corrected chi connectivity index (χ1v) is 5.49. The van der Waals surface area contributed by atoms with Crippen molar-refractivity contribution >= 4 is 18.3 Å². The number of nitrogens with one attached hydrogen (secondary N) is 2. The number of amides is 1. The lowest BCUT2D eigenvalue weighted by Crippen LogP contribution is -2.39. The maximum Gasteiger partial charge on any atom is 0.246 e. The maximum absolute atomic E-state index is 11.3. The number of carbonyl (C=O) groups is 1. The van der Waals surface area contributed by atoms with E-state index < -0.39 is 0 Å². The Kier molecular flexibility index (Phi) is 9.28. The van der Waals surface area contributed by atoms with Crippen molar-refractivity contribution in [3.8, 4) is 0 Å². The molecule has 0 aromatic rings. The second-order valence-corrected chi connectivity index (χ2v) is 3.82. The molecule has 0 aliphatic carbocycles. The first-order valence-electron chi connectivity index (χ1n) is 5.49. The summed E-state index contributed by atoms with van der Waals surface area (Å²) in [4.78, 5) is 11.3. The minimum absolute atomic E-state index is 0. The summed E-state index contributed by atoms with van der Waals surface area (Å²) in [5, 5.41) is 6.19. The summed E-state index contributed by atoms with van der Waals surface area (Å²) in [5.74, 6) is 0.532. The van der Waals surface area contributed by atoms with Gasteiger partial charge >= 0.3 is 0 Å². The molecule has 1 aliphatic rings. The van der Waals surface area contributed by atoms with Crippen LogP contribution in [0.15, 0.2) is 12.7 Å². The van der Waals surface area contributed by atoms with Crippen LogP contribution in [-0.4, -0.2) is 38.8 Å². The van der Waals surface area contributed by atoms with Crippen molar-refractivity contribution in [2.75, 3.05) is 32.8 Å². The molecule has 0 spiro atoms. The highest BCUT2D eigenvalue weighted by Crippen LogP contribution is 2.07. The molecule has 1 unspecified atom stereocenters. The van der Waals surface area contributed by atoms with Crippen LogP contribution < -0.4 is 10.6 Å². The molecule has 1 atom stereocenters. The fourth-order valence-corrected chi connectivity index (χ4v) is 1.64. The van der Waals surface area contributed by atoms with Crippen LogP contribution in [0.25, 0.3) is 0 Å². The number of hydrogen-bond donors (Lipinski definition) is 2. The molecule has 0 aromatic heterocycles. The van der Waals surface area contributed by atoms with Crippen LogP contribution in [0.3, 0.4) is 0 Å². The average molecular weight is 249 g/mol. The van der Waals surface area contributed by atoms with Gasteiger partial charge in [0.05, 0.1) is 6.61 Å². The van der Waals surface area contributed by atoms with Gasteiger partial charge in [-0.25, -0.2) is 0 Å². The van der Waals surface area contributed by atoms with Gasteiger partial charge in [0.1, 0.15) is 6.61 Å². The molecule has 4 nitrogen and oxygen atoms in total. The lowest BCUT2D eigenvalue weighted by atomic mass is 10.00. The van der Waals surface area contributed by atoms with Crippen molar-refractivity contribution < 1.29 is 9.53 Å². The summed E-state index contributed by atoms with van der Waals surface area (Å²) in [7, 11) is 0. The summed E-state index contributed by atoms with van der Waals surface area (Å²) in [6.45, 7) is 6.94. The quantitative estimate of drug-likeness (QED) is 0.538. The van der Waals surface area contributed by atoms with Crippen LogP contribution in [0.1, 0.15) is 12.8 Å². The summed E-state index contributed by atoms with van der Waals surface area (Å²) in [6.07, 6.45) is 4.03. The van der Waals surface area contributed by atoms with Gasteiger partial charge in [-0.3, -0.25) is 4.79 Å². The van der Waals surface area contributed by atoms with Crippen LogP contribution in [0, 0.1) is 5.92 Å². The molecule has 5 heteroatoms. The first kappa shape index (κ1) is 15.4. The zero-order chi connectivity index (χ0) is 10.9. The monoisotopic (exact) mass is 248 g/mol. The smallest absolute Gasteiger partial charge is 0.246 e. The summed E-state index contributed by atoms with van der Waals surface area (Å²) >= 11 is 0. The Morgan fingerprint density at radius 2 is 2.44 bits per heavy atom. The minimum Gasteiger partial charge on any atom is -0.368 e. The van der Waals surface area contributed by atoms with Gasteiger partial charge in [0.25, 0.3) is 0 Å². The Morgan fingerprint density at radius 3 is 3.06 bits per heavy atom. The van der Waals surface area contributed by atoms with E-state index in [2.05, 4.69) is 17.2 Å². The molecule has 1 heterocycles. The molecule has 2 N–H and O–H groups in total. The Balaban J connectivity index is 0.00000225. The number of piperidine rings is 1. The summed E-state index contributed by atoms with van der Waals surface area (Å²) in [6, 6.07) is 0. The number of rotatable bonds is 6. The highest BCUT2D eigenvalue weighted by atomic mass is 35.5. The van der Waals surface area contributed by atoms with Gasteiger partial charge in [0, 0.05) is 6.54 Å². The summed E-state index contributed by atoms with van der Waals surface area (Å²) < 4.78 is 5.04. The SMILES string of the molecule is C=CCOCC(=O)NCC1CCCNC1.Cl. The molecule has 1 fully saturated rings. The molecule has 1 amide bonds. The summed E-state index contributed by atoms with van der Waals surface area (Å²) in [5.41, 5.74) is 0. The molecule has 1 saturated heterocycles. The number of carbonyl (C=O) groups excluding carboxylic acids is 1. The number of hydrogen-bond acceptors (Lipinski definition) is 3. The van der Waals surface area contributed by atoms with E-state index in [0.29, 0.717) is 12.5 Å². The van der Waals surface area contributed by atoms with Gasteiger partial charge in [-0.05, 0) is 31.8 Å². The molecule has 1 rings (SSSR count). The van der Waals surface area contributed by atoms with Gasteiger partial charge in [0.15, 0.2) is 0 Å². The lowest BCUT2D eigenvalue weighted by Gasteiger charge is -2.22. The molecule has 16 heavy (non-hydrogen) atoms. The zero-order valence-electron chi connectivity index (χ0n) is 9.54. The van der Waals surface area contributed by atoms with Gasteiger partial charge in [-0.1, -0.05) is 6.08 Å². The van der Waals surface area contributed by atoms with Crippen molar-refractivity contribution in [2.45, 2.75) is 12.8 Å². The van der Waals surface area contributed by atoms with E-state index in [1.165, 1.54) is 12.8 Å². The van der Waals surface area contributed by atoms with E-state index >= 15 is 0 Å². The average Bonchev–Trinajstić information content (AvgIpc) is 2.28. The molecule has 1 aliphatic heterocycles. The van der Waals surface area contributed by atoms with Crippen LogP contribution in [0.5, 0.6) is 0 Å². The van der Waals surface area contributed by atoms with Crippen molar-refractivity contribution in [3.63, 3.8) is 0 Å². The van der Waals surface area contributed by atoms with Crippen LogP contribution >= 0.6 is 12.4 Å². The van der Waals surface area contributed by atoms with E-state index in [9.17, 15) is 4.79 Å². The third kappa shape index (κ3) is 6.82. The topological polar surface area (TPSA) is 50.4 Å². The van der Waals surface area contributed by atoms with Gasteiger partial charge in [-0.2, -0.15) is 0 Å². The van der Waals surface area contributed by atoms with Crippen molar-refractivity contribution in [3.05, 3.63) is 12.7 Å². The fraction of sp³-hybridized carbons (Fsp3) is 0.727. The van der Waals surface area contributed by atoms with Crippen LogP contribution in [0.2, 0.25) is 0 Å². The molecular formula is C11H21ClN2O2. The second kappa shape index (κ2) is 9.63. The van der Waals surface area contributed by atoms with E-state index in [4.69, 9.17) is 4.74 Å². The van der Waals surface area contributed by atoms with Crippen LogP contribution in [-0.2, 0) is 9.53 Å². The predicted molar refractivity (Wildman–Crippen MR) is 66.9 cm³/mol. The largest absolute Gasteiger partial charge is 0.368 e. The number of ether oxygens (including phenoxy) is 1. The van der Waals surface area contributed by atoms with E-state index in [1.807, 2.05) is 0 Å². The van der Waals surface area contributed by atoms with Crippen LogP contribution in [0.4, 0.5) is 0 Å². The second-order valence-electron chi connectivity index (χ2n) is 3.82. The van der Waals surface area contributed by atoms with E-state index in [-0.39, 0.29) is 24.9 Å². The molecular weight excluding hydrogens is 228 g/mol. The van der Waals surface area contributed by atoms with E-state index in [0.717, 1.165) is 19.6 Å². The minimum atomic E-state index is -0.0394. The highest BCUT2D eigenvalue weighted by Gasteiger charge is 2.13. The Bertz CT molecular complexity index is 206. The van der Waals surface area contributed by atoms with Gasteiger partial charge in [-0.15, -0.1) is 19.0 Å². The molecule has 0 radical (unpaired) electrons. The third-order valence-electron chi connectivity index (χ3n) is 2.46. The van der Waals surface area contributed by atoms with E-state index in [1.54, 1.807) is 6.08 Å². The Hall–Kier alpha value is -0.580. The highest BCUT2D eigenvalue weighted by molar-refractivity contribution is 5.85. The lowest BCUT2D eigenvalue weighted by molar-refractivity contribution is -0.125. The Labute approximate surface area is 103 Å². The zero-order valence-corrected chi connectivity index (χ0v) is 10.4. The molecule has 94 valence electrons. The standard InChI is InChI=1S/C11H20N2O2.ClH/c1-2-6-15-9-11(14)13-8-10-4-3-5-12-7-10;/h2,10,12H,1,3-9H2,(H,13,14);1H. The molecule has 0 aromatic carbocycles. The van der Waals surface area contributed by atoms with Crippen molar-refractivity contribution in [1.29, 1.82) is 0 Å². The van der Waals surface area contributed by atoms with Gasteiger partial charge < -0.3 is 15.4 Å². The number of halogens is 1. The Morgan fingerprint density at radius 1 is 1.62 bits per heavy atom. The van der Waals surface area contributed by atoms with Gasteiger partial charge in [0.2, 0.25) is 5.91 Å². The molecule has 0 bridgehead atoms. The van der Waals surface area contributed by atoms with Crippen molar-refractivity contribution in [1.82, 2.24) is 10.6 Å². The molecule has 0 saturated carbocycles. The normalized spacial score (nSPS) is 19.6. The first-order chi connectivity index (χ1) is 7.33. The fourth-order valence-electron chi connectivity index (χ4n) is 1.64. The maximum atomic E-state index is 11.3. The predicted octanol–water partition coefficient (Wildman–Crippen LogP) is 0.727. The third-order valence-corrected chi connectivity index (χ3v) is 2.46.